The van der Waals surface area contributed by atoms with E-state index in [0.29, 0.717) is 19.6 Å². The first-order chi connectivity index (χ1) is 13.1. The van der Waals surface area contributed by atoms with Crippen LogP contribution < -0.4 is 9.64 Å². The van der Waals surface area contributed by atoms with Crippen LogP contribution in [0.15, 0.2) is 30.6 Å². The second-order valence-electron chi connectivity index (χ2n) is 6.56. The van der Waals surface area contributed by atoms with E-state index in [0.717, 1.165) is 44.2 Å². The summed E-state index contributed by atoms with van der Waals surface area (Å²) in [7, 11) is 0. The van der Waals surface area contributed by atoms with Crippen LogP contribution in [0.25, 0.3) is 21.3 Å². The Kier molecular flexibility index (Phi) is 4.70. The van der Waals surface area contributed by atoms with Crippen LogP contribution in [0, 0.1) is 6.92 Å². The zero-order valence-electron chi connectivity index (χ0n) is 15.3. The fourth-order valence-corrected chi connectivity index (χ4v) is 4.76. The molecule has 27 heavy (non-hydrogen) atoms. The van der Waals surface area contributed by atoms with Crippen molar-refractivity contribution in [3.8, 4) is 16.9 Å². The van der Waals surface area contributed by atoms with Crippen LogP contribution >= 0.6 is 11.3 Å². The van der Waals surface area contributed by atoms with Gasteiger partial charge in [-0.1, -0.05) is 12.1 Å². The molecule has 3 aromatic rings. The van der Waals surface area contributed by atoms with Crippen molar-refractivity contribution in [3.05, 3.63) is 35.5 Å². The number of aromatic nitrogens is 2. The van der Waals surface area contributed by atoms with Crippen molar-refractivity contribution in [1.82, 2.24) is 9.97 Å². The molecule has 0 spiro atoms. The average molecular weight is 383 g/mol. The van der Waals surface area contributed by atoms with Gasteiger partial charge in [-0.25, -0.2) is 14.8 Å². The summed E-state index contributed by atoms with van der Waals surface area (Å²) in [5.74, 6) is 0.757. The van der Waals surface area contributed by atoms with Crippen LogP contribution in [-0.2, 0) is 4.79 Å². The van der Waals surface area contributed by atoms with Crippen molar-refractivity contribution >= 4 is 33.3 Å². The fraction of sp³-hybridized carbons (Fsp3) is 0.350. The second-order valence-corrected chi connectivity index (χ2v) is 7.76. The Morgan fingerprint density at radius 1 is 1.33 bits per heavy atom. The number of ether oxygens (including phenoxy) is 1. The summed E-state index contributed by atoms with van der Waals surface area (Å²) in [4.78, 5) is 24.6. The van der Waals surface area contributed by atoms with E-state index in [2.05, 4.69) is 16.9 Å². The molecule has 0 amide bonds. The van der Waals surface area contributed by atoms with Gasteiger partial charge in [-0.2, -0.15) is 0 Å². The quantitative estimate of drug-likeness (QED) is 0.714. The molecule has 140 valence electrons. The van der Waals surface area contributed by atoms with E-state index < -0.39 is 12.0 Å². The first kappa shape index (κ1) is 17.7. The van der Waals surface area contributed by atoms with Crippen molar-refractivity contribution in [2.45, 2.75) is 32.7 Å². The number of fused-ring (bicyclic) bond motifs is 1. The zero-order valence-corrected chi connectivity index (χ0v) is 16.1. The van der Waals surface area contributed by atoms with Gasteiger partial charge in [-0.15, -0.1) is 11.3 Å². The van der Waals surface area contributed by atoms with Crippen molar-refractivity contribution in [1.29, 1.82) is 0 Å². The molecule has 1 atom stereocenters. The fourth-order valence-electron chi connectivity index (χ4n) is 3.76. The van der Waals surface area contributed by atoms with Gasteiger partial charge in [-0.05, 0) is 44.4 Å². The molecule has 1 N–H and O–H groups in total. The molecule has 0 saturated carbocycles. The van der Waals surface area contributed by atoms with Crippen LogP contribution in [0.5, 0.6) is 5.75 Å². The summed E-state index contributed by atoms with van der Waals surface area (Å²) >= 11 is 1.61. The molecule has 4 rings (SSSR count). The molecule has 3 heterocycles. The van der Waals surface area contributed by atoms with Gasteiger partial charge < -0.3 is 14.7 Å². The number of carbonyl (C=O) groups is 1. The lowest BCUT2D eigenvalue weighted by molar-refractivity contribution is -0.138. The highest BCUT2D eigenvalue weighted by atomic mass is 32.1. The monoisotopic (exact) mass is 383 g/mol. The number of nitrogens with zero attached hydrogens (tertiary/aromatic N) is 3. The summed E-state index contributed by atoms with van der Waals surface area (Å²) in [6, 6.07) is 7.46. The summed E-state index contributed by atoms with van der Waals surface area (Å²) in [5.41, 5.74) is 2.13. The Labute approximate surface area is 161 Å². The predicted molar refractivity (Wildman–Crippen MR) is 107 cm³/mol. The van der Waals surface area contributed by atoms with E-state index in [1.54, 1.807) is 11.3 Å². The van der Waals surface area contributed by atoms with Crippen LogP contribution in [0.1, 0.15) is 24.6 Å². The van der Waals surface area contributed by atoms with Gasteiger partial charge in [-0.3, -0.25) is 0 Å². The maximum absolute atomic E-state index is 11.7. The number of carboxylic acid groups (broad SMARTS) is 1. The third kappa shape index (κ3) is 3.12. The Morgan fingerprint density at radius 3 is 2.81 bits per heavy atom. The number of thiophene rings is 1. The molecule has 0 radical (unpaired) electrons. The molecule has 0 unspecified atom stereocenters. The third-order valence-corrected chi connectivity index (χ3v) is 5.92. The highest BCUT2D eigenvalue weighted by Crippen LogP contribution is 2.43. The van der Waals surface area contributed by atoms with E-state index in [9.17, 15) is 9.90 Å². The molecular weight excluding hydrogens is 362 g/mol. The normalized spacial score (nSPS) is 16.8. The van der Waals surface area contributed by atoms with E-state index in [1.807, 2.05) is 36.1 Å². The van der Waals surface area contributed by atoms with Gasteiger partial charge in [0, 0.05) is 17.0 Å². The standard InChI is InChI=1S/C20H21N3O3S/c1-3-26-14-8-6-13(7-9-14)16-12(2)27-19-17(16)18(21-11-22-19)23-10-4-5-15(23)20(24)25/h6-9,11,15H,3-5,10H2,1-2H3,(H,24,25)/t15-/m1/s1. The van der Waals surface area contributed by atoms with Gasteiger partial charge in [0.25, 0.3) is 0 Å². The first-order valence-corrected chi connectivity index (χ1v) is 9.88. The van der Waals surface area contributed by atoms with Gasteiger partial charge in [0.15, 0.2) is 0 Å². The highest BCUT2D eigenvalue weighted by Gasteiger charge is 2.33. The largest absolute Gasteiger partial charge is 0.494 e. The minimum absolute atomic E-state index is 0.531. The number of anilines is 1. The maximum Gasteiger partial charge on any atom is 0.326 e. The highest BCUT2D eigenvalue weighted by molar-refractivity contribution is 7.19. The van der Waals surface area contributed by atoms with Crippen molar-refractivity contribution in [2.24, 2.45) is 0 Å². The summed E-state index contributed by atoms with van der Waals surface area (Å²) in [5, 5.41) is 10.5. The van der Waals surface area contributed by atoms with Gasteiger partial charge in [0.2, 0.25) is 0 Å². The van der Waals surface area contributed by atoms with Crippen LogP contribution in [-0.4, -0.2) is 40.2 Å². The zero-order chi connectivity index (χ0) is 19.0. The topological polar surface area (TPSA) is 75.6 Å². The Hall–Kier alpha value is -2.67. The molecule has 0 bridgehead atoms. The smallest absolute Gasteiger partial charge is 0.326 e. The maximum atomic E-state index is 11.7. The van der Waals surface area contributed by atoms with Crippen molar-refractivity contribution in [2.75, 3.05) is 18.1 Å². The molecule has 7 heteroatoms. The lowest BCUT2D eigenvalue weighted by Crippen LogP contribution is -2.36. The Morgan fingerprint density at radius 2 is 2.11 bits per heavy atom. The molecule has 2 aromatic heterocycles. The van der Waals surface area contributed by atoms with Gasteiger partial charge in [0.05, 0.1) is 12.0 Å². The molecule has 1 fully saturated rings. The summed E-state index contributed by atoms with van der Waals surface area (Å²) in [6.45, 7) is 5.35. The van der Waals surface area contributed by atoms with E-state index >= 15 is 0 Å². The second kappa shape index (κ2) is 7.15. The van der Waals surface area contributed by atoms with Crippen LogP contribution in [0.3, 0.4) is 0 Å². The predicted octanol–water partition coefficient (Wildman–Crippen LogP) is 4.12. The minimum Gasteiger partial charge on any atom is -0.494 e. The number of hydrogen-bond donors (Lipinski definition) is 1. The first-order valence-electron chi connectivity index (χ1n) is 9.07. The van der Waals surface area contributed by atoms with Crippen molar-refractivity contribution in [3.63, 3.8) is 0 Å². The number of aryl methyl sites for hydroxylation is 1. The van der Waals surface area contributed by atoms with Crippen molar-refractivity contribution < 1.29 is 14.6 Å². The van der Waals surface area contributed by atoms with Gasteiger partial charge >= 0.3 is 5.97 Å². The minimum atomic E-state index is -0.797. The molecular formula is C20H21N3O3S. The lowest BCUT2D eigenvalue weighted by atomic mass is 10.0. The van der Waals surface area contributed by atoms with E-state index in [4.69, 9.17) is 4.74 Å². The third-order valence-electron chi connectivity index (χ3n) is 4.91. The average Bonchev–Trinajstić information content (AvgIpc) is 3.26. The summed E-state index contributed by atoms with van der Waals surface area (Å²) in [6.07, 6.45) is 3.03. The number of rotatable bonds is 5. The molecule has 1 saturated heterocycles. The Balaban J connectivity index is 1.86. The summed E-state index contributed by atoms with van der Waals surface area (Å²) < 4.78 is 5.55. The number of hydrogen-bond acceptors (Lipinski definition) is 6. The van der Waals surface area contributed by atoms with E-state index in [1.165, 1.54) is 6.33 Å². The molecule has 6 nitrogen and oxygen atoms in total. The molecule has 1 aromatic carbocycles. The SMILES string of the molecule is CCOc1ccc(-c2c(C)sc3ncnc(N4CCC[C@@H]4C(=O)O)c23)cc1. The van der Waals surface area contributed by atoms with E-state index in [-0.39, 0.29) is 0 Å². The lowest BCUT2D eigenvalue weighted by Gasteiger charge is -2.23. The van der Waals surface area contributed by atoms with Crippen LogP contribution in [0.4, 0.5) is 5.82 Å². The Bertz CT molecular complexity index is 984. The molecule has 1 aliphatic rings. The number of benzene rings is 1. The van der Waals surface area contributed by atoms with Crippen LogP contribution in [0.2, 0.25) is 0 Å². The van der Waals surface area contributed by atoms with Gasteiger partial charge in [0.1, 0.15) is 28.8 Å². The number of aliphatic carboxylic acids is 1. The molecule has 0 aliphatic carbocycles. The molecule has 1 aliphatic heterocycles. The number of carboxylic acids is 1.